The van der Waals surface area contributed by atoms with E-state index in [1.165, 1.54) is 12.3 Å². The number of nitrogens with one attached hydrogen (secondary N) is 1. The molecule has 1 aromatic carbocycles. The summed E-state index contributed by atoms with van der Waals surface area (Å²) < 4.78 is 0. The highest BCUT2D eigenvalue weighted by atomic mass is 16.4. The van der Waals surface area contributed by atoms with Crippen LogP contribution < -0.4 is 5.32 Å². The van der Waals surface area contributed by atoms with Crippen molar-refractivity contribution >= 4 is 11.9 Å². The van der Waals surface area contributed by atoms with Gasteiger partial charge in [-0.05, 0) is 35.6 Å². The fourth-order valence-electron chi connectivity index (χ4n) is 2.73. The number of nitrogens with zero attached hydrogens (tertiary/aromatic N) is 1. The normalized spacial score (nSPS) is 13.0. The Kier molecular flexibility index (Phi) is 6.86. The molecule has 0 spiro atoms. The van der Waals surface area contributed by atoms with Crippen molar-refractivity contribution in [3.63, 3.8) is 0 Å². The molecule has 3 N–H and O–H groups in total. The molecule has 0 bridgehead atoms. The summed E-state index contributed by atoms with van der Waals surface area (Å²) in [5, 5.41) is 21.0. The predicted octanol–water partition coefficient (Wildman–Crippen LogP) is 2.72. The number of aliphatic hydroxyl groups excluding tert-OH is 1. The third kappa shape index (κ3) is 5.39. The monoisotopic (exact) mass is 356 g/mol. The van der Waals surface area contributed by atoms with Crippen LogP contribution in [0, 0.1) is 5.92 Å². The molecular formula is C20H24N2O4. The zero-order valence-corrected chi connectivity index (χ0v) is 15.0. The molecule has 0 unspecified atom stereocenters. The summed E-state index contributed by atoms with van der Waals surface area (Å²) in [6, 6.07) is 10.4. The molecule has 0 radical (unpaired) electrons. The highest BCUT2D eigenvalue weighted by molar-refractivity contribution is 5.87. The van der Waals surface area contributed by atoms with Gasteiger partial charge in [0.25, 0.3) is 0 Å². The van der Waals surface area contributed by atoms with Crippen molar-refractivity contribution in [1.82, 2.24) is 10.3 Å². The summed E-state index contributed by atoms with van der Waals surface area (Å²) in [6.45, 7) is 4.21. The Labute approximate surface area is 152 Å². The lowest BCUT2D eigenvalue weighted by molar-refractivity contribution is -0.125. The molecule has 6 nitrogen and oxygen atoms in total. The molecule has 0 saturated heterocycles. The van der Waals surface area contributed by atoms with E-state index in [4.69, 9.17) is 10.2 Å². The minimum Gasteiger partial charge on any atom is -0.478 e. The second-order valence-corrected chi connectivity index (χ2v) is 6.50. The van der Waals surface area contributed by atoms with Crippen LogP contribution in [-0.2, 0) is 17.9 Å². The number of aliphatic hydroxyl groups is 1. The van der Waals surface area contributed by atoms with E-state index in [2.05, 4.69) is 10.3 Å². The fraction of sp³-hybridized carbons (Fsp3) is 0.350. The predicted molar refractivity (Wildman–Crippen MR) is 97.6 cm³/mol. The average Bonchev–Trinajstić information content (AvgIpc) is 2.66. The lowest BCUT2D eigenvalue weighted by Gasteiger charge is -2.17. The standard InChI is InChI=1S/C20H24N2O4/c1-13(18-10-17(20(25)26)7-8-21-18)9-14(2)19(24)22-11-15-3-5-16(12-23)6-4-15/h3-8,10,13-14,23H,9,11-12H2,1-2H3,(H,22,24)(H,25,26)/t13-,14+/m0/s1. The molecule has 26 heavy (non-hydrogen) atoms. The maximum absolute atomic E-state index is 12.3. The summed E-state index contributed by atoms with van der Waals surface area (Å²) in [6.07, 6.45) is 2.06. The molecule has 1 amide bonds. The van der Waals surface area contributed by atoms with E-state index in [1.807, 2.05) is 38.1 Å². The number of amides is 1. The van der Waals surface area contributed by atoms with E-state index in [0.717, 1.165) is 11.1 Å². The molecule has 6 heteroatoms. The van der Waals surface area contributed by atoms with Crippen molar-refractivity contribution in [2.45, 2.75) is 39.3 Å². The Morgan fingerprint density at radius 2 is 1.77 bits per heavy atom. The number of pyridine rings is 1. The van der Waals surface area contributed by atoms with Crippen LogP contribution in [0.15, 0.2) is 42.6 Å². The van der Waals surface area contributed by atoms with Crippen LogP contribution in [0.5, 0.6) is 0 Å². The van der Waals surface area contributed by atoms with E-state index in [-0.39, 0.29) is 29.9 Å². The number of carbonyl (C=O) groups is 2. The SMILES string of the molecule is C[C@H](C[C@H](C)c1cc(C(=O)O)ccn1)C(=O)NCc1ccc(CO)cc1. The van der Waals surface area contributed by atoms with Gasteiger partial charge in [0.2, 0.25) is 5.91 Å². The van der Waals surface area contributed by atoms with Crippen molar-refractivity contribution in [3.05, 3.63) is 65.0 Å². The van der Waals surface area contributed by atoms with Gasteiger partial charge in [0.05, 0.1) is 12.2 Å². The van der Waals surface area contributed by atoms with Crippen molar-refractivity contribution in [2.75, 3.05) is 0 Å². The number of carboxylic acids is 1. The zero-order valence-electron chi connectivity index (χ0n) is 15.0. The minimum absolute atomic E-state index is 0.00131. The molecule has 2 aromatic rings. The van der Waals surface area contributed by atoms with Gasteiger partial charge in [-0.1, -0.05) is 38.1 Å². The van der Waals surface area contributed by atoms with Crippen LogP contribution >= 0.6 is 0 Å². The summed E-state index contributed by atoms with van der Waals surface area (Å²) in [4.78, 5) is 27.6. The quantitative estimate of drug-likeness (QED) is 0.675. The van der Waals surface area contributed by atoms with Crippen LogP contribution in [0.2, 0.25) is 0 Å². The molecule has 0 fully saturated rings. The first-order valence-corrected chi connectivity index (χ1v) is 8.56. The van der Waals surface area contributed by atoms with E-state index in [0.29, 0.717) is 18.7 Å². The second kappa shape index (κ2) is 9.10. The van der Waals surface area contributed by atoms with Gasteiger partial charge in [-0.25, -0.2) is 4.79 Å². The first-order chi connectivity index (χ1) is 12.4. The first kappa shape index (κ1) is 19.6. The van der Waals surface area contributed by atoms with Crippen molar-refractivity contribution in [1.29, 1.82) is 0 Å². The number of rotatable bonds is 8. The minimum atomic E-state index is -0.987. The Morgan fingerprint density at radius 1 is 1.12 bits per heavy atom. The molecule has 0 aliphatic carbocycles. The highest BCUT2D eigenvalue weighted by Gasteiger charge is 2.19. The van der Waals surface area contributed by atoms with E-state index < -0.39 is 5.97 Å². The Hall–Kier alpha value is -2.73. The van der Waals surface area contributed by atoms with Gasteiger partial charge in [-0.3, -0.25) is 9.78 Å². The Balaban J connectivity index is 1.89. The molecule has 1 heterocycles. The fourth-order valence-corrected chi connectivity index (χ4v) is 2.73. The van der Waals surface area contributed by atoms with Crippen molar-refractivity contribution < 1.29 is 19.8 Å². The lowest BCUT2D eigenvalue weighted by Crippen LogP contribution is -2.29. The second-order valence-electron chi connectivity index (χ2n) is 6.50. The largest absolute Gasteiger partial charge is 0.478 e. The maximum Gasteiger partial charge on any atom is 0.335 e. The molecule has 0 aliphatic heterocycles. The molecule has 2 rings (SSSR count). The van der Waals surface area contributed by atoms with Gasteiger partial charge in [0, 0.05) is 24.4 Å². The molecule has 138 valence electrons. The zero-order chi connectivity index (χ0) is 19.1. The third-order valence-electron chi connectivity index (χ3n) is 4.36. The summed E-state index contributed by atoms with van der Waals surface area (Å²) in [7, 11) is 0. The van der Waals surface area contributed by atoms with Gasteiger partial charge in [-0.15, -0.1) is 0 Å². The van der Waals surface area contributed by atoms with Crippen LogP contribution in [0.3, 0.4) is 0 Å². The van der Waals surface area contributed by atoms with Crippen molar-refractivity contribution in [2.24, 2.45) is 5.92 Å². The number of benzene rings is 1. The van der Waals surface area contributed by atoms with Gasteiger partial charge in [0.15, 0.2) is 0 Å². The number of carbonyl (C=O) groups excluding carboxylic acids is 1. The number of hydrogen-bond donors (Lipinski definition) is 3. The molecule has 0 aliphatic rings. The summed E-state index contributed by atoms with van der Waals surface area (Å²) >= 11 is 0. The first-order valence-electron chi connectivity index (χ1n) is 8.56. The maximum atomic E-state index is 12.3. The molecular weight excluding hydrogens is 332 g/mol. The van der Waals surface area contributed by atoms with Crippen LogP contribution in [0.1, 0.15) is 53.4 Å². The molecule has 2 atom stereocenters. The Bertz CT molecular complexity index is 759. The number of carboxylic acid groups (broad SMARTS) is 1. The van der Waals surface area contributed by atoms with Crippen LogP contribution in [0.4, 0.5) is 0 Å². The van der Waals surface area contributed by atoms with Gasteiger partial charge < -0.3 is 15.5 Å². The van der Waals surface area contributed by atoms with Crippen LogP contribution in [0.25, 0.3) is 0 Å². The highest BCUT2D eigenvalue weighted by Crippen LogP contribution is 2.22. The third-order valence-corrected chi connectivity index (χ3v) is 4.36. The summed E-state index contributed by atoms with van der Waals surface area (Å²) in [5.41, 5.74) is 2.67. The van der Waals surface area contributed by atoms with Gasteiger partial charge >= 0.3 is 5.97 Å². The molecule has 1 aromatic heterocycles. The number of hydrogen-bond acceptors (Lipinski definition) is 4. The average molecular weight is 356 g/mol. The number of aromatic nitrogens is 1. The van der Waals surface area contributed by atoms with Crippen LogP contribution in [-0.4, -0.2) is 27.1 Å². The van der Waals surface area contributed by atoms with E-state index >= 15 is 0 Å². The molecule has 0 saturated carbocycles. The topological polar surface area (TPSA) is 99.5 Å². The smallest absolute Gasteiger partial charge is 0.335 e. The lowest BCUT2D eigenvalue weighted by atomic mass is 9.93. The van der Waals surface area contributed by atoms with E-state index in [1.54, 1.807) is 6.07 Å². The Morgan fingerprint density at radius 3 is 2.38 bits per heavy atom. The van der Waals surface area contributed by atoms with E-state index in [9.17, 15) is 9.59 Å². The van der Waals surface area contributed by atoms with Gasteiger partial charge in [0.1, 0.15) is 0 Å². The summed E-state index contributed by atoms with van der Waals surface area (Å²) in [5.74, 6) is -1.30. The number of aromatic carboxylic acids is 1. The van der Waals surface area contributed by atoms with Crippen molar-refractivity contribution in [3.8, 4) is 0 Å². The van der Waals surface area contributed by atoms with Gasteiger partial charge in [-0.2, -0.15) is 0 Å².